The third-order valence-corrected chi connectivity index (χ3v) is 3.78. The molecule has 0 atom stereocenters. The zero-order chi connectivity index (χ0) is 14.7. The summed E-state index contributed by atoms with van der Waals surface area (Å²) < 4.78 is 14.3. The van der Waals surface area contributed by atoms with Crippen LogP contribution >= 0.6 is 11.8 Å². The Balaban J connectivity index is 2.32. The molecule has 2 aromatic carbocycles. The van der Waals surface area contributed by atoms with Crippen molar-refractivity contribution in [2.75, 3.05) is 0 Å². The average Bonchev–Trinajstić information content (AvgIpc) is 2.39. The molecule has 2 heteroatoms. The summed E-state index contributed by atoms with van der Waals surface area (Å²) in [5.74, 6) is -0.227. The fourth-order valence-electron chi connectivity index (χ4n) is 1.93. The molecular formula is C18H17FS. The highest BCUT2D eigenvalue weighted by Crippen LogP contribution is 2.33. The summed E-state index contributed by atoms with van der Waals surface area (Å²) in [6.07, 6.45) is 0. The van der Waals surface area contributed by atoms with E-state index in [-0.39, 0.29) is 5.82 Å². The van der Waals surface area contributed by atoms with Gasteiger partial charge in [0.15, 0.2) is 0 Å². The standard InChI is InChI=1S/C18H17FS/c1-12(2)20-14(4)16-9-10-17(18(19)11-16)15-7-5-13(3)6-8-15/h5-11H,1,4H2,2-3H3. The molecule has 0 bridgehead atoms. The van der Waals surface area contributed by atoms with E-state index in [2.05, 4.69) is 13.2 Å². The smallest absolute Gasteiger partial charge is 0.131 e. The van der Waals surface area contributed by atoms with E-state index >= 15 is 0 Å². The summed E-state index contributed by atoms with van der Waals surface area (Å²) in [6, 6.07) is 13.1. The minimum atomic E-state index is -0.227. The van der Waals surface area contributed by atoms with Crippen molar-refractivity contribution in [2.45, 2.75) is 13.8 Å². The number of thioether (sulfide) groups is 1. The molecule has 2 rings (SSSR count). The molecule has 0 aliphatic heterocycles. The molecule has 0 saturated heterocycles. The van der Waals surface area contributed by atoms with E-state index in [1.54, 1.807) is 6.07 Å². The molecule has 20 heavy (non-hydrogen) atoms. The molecule has 0 nitrogen and oxygen atoms in total. The number of halogens is 1. The van der Waals surface area contributed by atoms with Crippen molar-refractivity contribution in [1.82, 2.24) is 0 Å². The molecule has 0 heterocycles. The minimum absolute atomic E-state index is 0.227. The first-order valence-electron chi connectivity index (χ1n) is 6.36. The Morgan fingerprint density at radius 2 is 1.70 bits per heavy atom. The number of aryl methyl sites for hydroxylation is 1. The van der Waals surface area contributed by atoms with Crippen LogP contribution < -0.4 is 0 Å². The Bertz CT molecular complexity index is 654. The van der Waals surface area contributed by atoms with Gasteiger partial charge >= 0.3 is 0 Å². The predicted molar refractivity (Wildman–Crippen MR) is 88.0 cm³/mol. The van der Waals surface area contributed by atoms with Crippen LogP contribution in [0.25, 0.3) is 16.0 Å². The fraction of sp³-hybridized carbons (Fsp3) is 0.111. The number of hydrogen-bond acceptors (Lipinski definition) is 1. The van der Waals surface area contributed by atoms with Gasteiger partial charge in [0.05, 0.1) is 0 Å². The number of allylic oxidation sites excluding steroid dienone is 1. The normalized spacial score (nSPS) is 10.3. The van der Waals surface area contributed by atoms with Crippen LogP contribution in [0.2, 0.25) is 0 Å². The molecule has 0 N–H and O–H groups in total. The van der Waals surface area contributed by atoms with Crippen LogP contribution in [-0.4, -0.2) is 0 Å². The number of benzene rings is 2. The first-order chi connectivity index (χ1) is 9.47. The number of hydrogen-bond donors (Lipinski definition) is 0. The molecule has 0 aliphatic carbocycles. The first-order valence-corrected chi connectivity index (χ1v) is 7.18. The maximum absolute atomic E-state index is 14.3. The van der Waals surface area contributed by atoms with Crippen molar-refractivity contribution in [2.24, 2.45) is 0 Å². The van der Waals surface area contributed by atoms with Crippen LogP contribution in [0, 0.1) is 12.7 Å². The van der Waals surface area contributed by atoms with Gasteiger partial charge in [0.2, 0.25) is 0 Å². The first kappa shape index (κ1) is 14.6. The van der Waals surface area contributed by atoms with Crippen molar-refractivity contribution in [3.63, 3.8) is 0 Å². The van der Waals surface area contributed by atoms with Crippen LogP contribution in [0.1, 0.15) is 18.1 Å². The van der Waals surface area contributed by atoms with E-state index in [4.69, 9.17) is 0 Å². The fourth-order valence-corrected chi connectivity index (χ4v) is 2.59. The van der Waals surface area contributed by atoms with Crippen LogP contribution in [0.3, 0.4) is 0 Å². The van der Waals surface area contributed by atoms with Gasteiger partial charge in [0.1, 0.15) is 5.82 Å². The van der Waals surface area contributed by atoms with Crippen molar-refractivity contribution in [3.05, 3.63) is 77.5 Å². The van der Waals surface area contributed by atoms with Crippen LogP contribution in [0.5, 0.6) is 0 Å². The maximum Gasteiger partial charge on any atom is 0.131 e. The lowest BCUT2D eigenvalue weighted by molar-refractivity contribution is 0.631. The molecule has 0 saturated carbocycles. The van der Waals surface area contributed by atoms with E-state index in [1.165, 1.54) is 17.8 Å². The Hall–Kier alpha value is -1.80. The van der Waals surface area contributed by atoms with Crippen LogP contribution in [0.4, 0.5) is 4.39 Å². The third-order valence-electron chi connectivity index (χ3n) is 2.95. The summed E-state index contributed by atoms with van der Waals surface area (Å²) in [5, 5.41) is 0. The van der Waals surface area contributed by atoms with Crippen LogP contribution in [0.15, 0.2) is 60.5 Å². The van der Waals surface area contributed by atoms with Gasteiger partial charge in [0, 0.05) is 10.5 Å². The zero-order valence-electron chi connectivity index (χ0n) is 11.7. The SMILES string of the molecule is C=C(C)SC(=C)c1ccc(-c2ccc(C)cc2)c(F)c1. The highest BCUT2D eigenvalue weighted by molar-refractivity contribution is 8.11. The summed E-state index contributed by atoms with van der Waals surface area (Å²) in [5.41, 5.74) is 3.46. The summed E-state index contributed by atoms with van der Waals surface area (Å²) in [7, 11) is 0. The van der Waals surface area contributed by atoms with Gasteiger partial charge in [-0.25, -0.2) is 4.39 Å². The van der Waals surface area contributed by atoms with Crippen molar-refractivity contribution >= 4 is 16.7 Å². The molecule has 0 fully saturated rings. The Kier molecular flexibility index (Phi) is 4.46. The molecule has 0 radical (unpaired) electrons. The van der Waals surface area contributed by atoms with Crippen LogP contribution in [-0.2, 0) is 0 Å². The second-order valence-corrected chi connectivity index (χ2v) is 6.18. The van der Waals surface area contributed by atoms with E-state index in [0.29, 0.717) is 5.56 Å². The average molecular weight is 284 g/mol. The van der Waals surface area contributed by atoms with E-state index in [9.17, 15) is 4.39 Å². The molecule has 2 aromatic rings. The zero-order valence-corrected chi connectivity index (χ0v) is 12.6. The van der Waals surface area contributed by atoms with Gasteiger partial charge in [0.25, 0.3) is 0 Å². The summed E-state index contributed by atoms with van der Waals surface area (Å²) in [4.78, 5) is 1.75. The van der Waals surface area contributed by atoms with Gasteiger partial charge in [-0.15, -0.1) is 0 Å². The van der Waals surface area contributed by atoms with Gasteiger partial charge < -0.3 is 0 Å². The molecule has 102 valence electrons. The highest BCUT2D eigenvalue weighted by Gasteiger charge is 2.08. The van der Waals surface area contributed by atoms with E-state index in [0.717, 1.165) is 26.5 Å². The van der Waals surface area contributed by atoms with Gasteiger partial charge in [-0.05, 0) is 35.9 Å². The minimum Gasteiger partial charge on any atom is -0.206 e. The van der Waals surface area contributed by atoms with Gasteiger partial charge in [-0.3, -0.25) is 0 Å². The van der Waals surface area contributed by atoms with Crippen molar-refractivity contribution in [1.29, 1.82) is 0 Å². The topological polar surface area (TPSA) is 0 Å². The largest absolute Gasteiger partial charge is 0.206 e. The molecule has 0 amide bonds. The Morgan fingerprint density at radius 3 is 2.25 bits per heavy atom. The molecule has 0 aromatic heterocycles. The quantitative estimate of drug-likeness (QED) is 0.659. The van der Waals surface area contributed by atoms with Crippen molar-refractivity contribution in [3.8, 4) is 11.1 Å². The number of rotatable bonds is 4. The second kappa shape index (κ2) is 6.10. The maximum atomic E-state index is 14.3. The highest BCUT2D eigenvalue weighted by atomic mass is 32.2. The third kappa shape index (κ3) is 3.40. The van der Waals surface area contributed by atoms with E-state index < -0.39 is 0 Å². The van der Waals surface area contributed by atoms with Gasteiger partial charge in [-0.1, -0.05) is 66.9 Å². The lowest BCUT2D eigenvalue weighted by Gasteiger charge is -2.09. The summed E-state index contributed by atoms with van der Waals surface area (Å²) in [6.45, 7) is 11.7. The predicted octanol–water partition coefficient (Wildman–Crippen LogP) is 6.04. The van der Waals surface area contributed by atoms with Crippen molar-refractivity contribution < 1.29 is 4.39 Å². The molecule has 0 aliphatic rings. The Labute approximate surface area is 124 Å². The lowest BCUT2D eigenvalue weighted by atomic mass is 10.0. The van der Waals surface area contributed by atoms with E-state index in [1.807, 2.05) is 44.2 Å². The van der Waals surface area contributed by atoms with Gasteiger partial charge in [-0.2, -0.15) is 0 Å². The second-order valence-electron chi connectivity index (χ2n) is 4.79. The lowest BCUT2D eigenvalue weighted by Crippen LogP contribution is -1.88. The molecular weight excluding hydrogens is 267 g/mol. The molecule has 0 unspecified atom stereocenters. The summed E-state index contributed by atoms with van der Waals surface area (Å²) >= 11 is 1.46. The Morgan fingerprint density at radius 1 is 1.05 bits per heavy atom. The molecule has 0 spiro atoms. The monoisotopic (exact) mass is 284 g/mol.